The first-order chi connectivity index (χ1) is 9.34. The van der Waals surface area contributed by atoms with Crippen molar-refractivity contribution in [3.05, 3.63) is 34.9 Å². The summed E-state index contributed by atoms with van der Waals surface area (Å²) in [5, 5.41) is 0.714. The Morgan fingerprint density at radius 3 is 2.40 bits per heavy atom. The molecule has 0 saturated heterocycles. The van der Waals surface area contributed by atoms with Crippen LogP contribution >= 0.6 is 11.6 Å². The lowest BCUT2D eigenvalue weighted by Gasteiger charge is -2.25. The van der Waals surface area contributed by atoms with Gasteiger partial charge < -0.3 is 10.6 Å². The third-order valence-electron chi connectivity index (χ3n) is 3.60. The third-order valence-corrected chi connectivity index (χ3v) is 3.85. The molecule has 0 aliphatic carbocycles. The van der Waals surface area contributed by atoms with Gasteiger partial charge in [-0.3, -0.25) is 4.79 Å². The van der Waals surface area contributed by atoms with Crippen LogP contribution in [-0.2, 0) is 11.3 Å². The molecule has 0 aliphatic heterocycles. The van der Waals surface area contributed by atoms with E-state index in [4.69, 9.17) is 17.3 Å². The van der Waals surface area contributed by atoms with Crippen LogP contribution in [-0.4, -0.2) is 24.4 Å². The van der Waals surface area contributed by atoms with Gasteiger partial charge in [0.1, 0.15) is 0 Å². The Balaban J connectivity index is 2.45. The second kappa shape index (κ2) is 7.65. The van der Waals surface area contributed by atoms with Crippen LogP contribution in [0.4, 0.5) is 0 Å². The van der Waals surface area contributed by atoms with Crippen LogP contribution in [0.25, 0.3) is 0 Å². The molecule has 1 rings (SSSR count). The van der Waals surface area contributed by atoms with E-state index in [1.165, 1.54) is 0 Å². The second-order valence-corrected chi connectivity index (χ2v) is 6.52. The van der Waals surface area contributed by atoms with Crippen molar-refractivity contribution in [2.45, 2.75) is 39.7 Å². The minimum absolute atomic E-state index is 0.130. The minimum atomic E-state index is 0.130. The first-order valence-corrected chi connectivity index (χ1v) is 7.40. The van der Waals surface area contributed by atoms with Gasteiger partial charge in [0, 0.05) is 25.0 Å². The summed E-state index contributed by atoms with van der Waals surface area (Å²) in [6.07, 6.45) is 2.38. The van der Waals surface area contributed by atoms with Crippen molar-refractivity contribution in [2.75, 3.05) is 13.6 Å². The van der Waals surface area contributed by atoms with Crippen molar-refractivity contribution in [1.29, 1.82) is 0 Å². The topological polar surface area (TPSA) is 46.3 Å². The van der Waals surface area contributed by atoms with Crippen molar-refractivity contribution >= 4 is 17.5 Å². The summed E-state index contributed by atoms with van der Waals surface area (Å²) in [5.74, 6) is 0.171. The third kappa shape index (κ3) is 5.93. The standard InChI is InChI=1S/C16H25ClN2O/c1-16(2,10-11-18)9-8-15(20)19(3)12-13-4-6-14(17)7-5-13/h4-7H,8-12,18H2,1-3H3. The van der Waals surface area contributed by atoms with E-state index in [1.807, 2.05) is 31.3 Å². The fourth-order valence-electron chi connectivity index (χ4n) is 2.10. The van der Waals surface area contributed by atoms with Crippen molar-refractivity contribution < 1.29 is 4.79 Å². The molecule has 0 aliphatic rings. The number of halogens is 1. The summed E-state index contributed by atoms with van der Waals surface area (Å²) >= 11 is 5.85. The molecule has 0 bridgehead atoms. The van der Waals surface area contributed by atoms with Crippen LogP contribution in [0.5, 0.6) is 0 Å². The van der Waals surface area contributed by atoms with Crippen LogP contribution in [0, 0.1) is 5.41 Å². The molecule has 3 nitrogen and oxygen atoms in total. The number of benzene rings is 1. The van der Waals surface area contributed by atoms with Gasteiger partial charge in [-0.2, -0.15) is 0 Å². The molecule has 20 heavy (non-hydrogen) atoms. The Bertz CT molecular complexity index is 429. The molecule has 0 fully saturated rings. The molecule has 112 valence electrons. The molecule has 0 unspecified atom stereocenters. The van der Waals surface area contributed by atoms with Crippen molar-refractivity contribution in [3.8, 4) is 0 Å². The lowest BCUT2D eigenvalue weighted by atomic mass is 9.84. The molecule has 0 atom stereocenters. The number of hydrogen-bond acceptors (Lipinski definition) is 2. The molecule has 0 spiro atoms. The lowest BCUT2D eigenvalue weighted by Crippen LogP contribution is -2.28. The fraction of sp³-hybridized carbons (Fsp3) is 0.562. The van der Waals surface area contributed by atoms with Crippen LogP contribution in [0.3, 0.4) is 0 Å². The predicted octanol–water partition coefficient (Wildman–Crippen LogP) is 3.45. The van der Waals surface area contributed by atoms with Crippen LogP contribution in [0.1, 0.15) is 38.7 Å². The lowest BCUT2D eigenvalue weighted by molar-refractivity contribution is -0.131. The summed E-state index contributed by atoms with van der Waals surface area (Å²) in [4.78, 5) is 13.9. The number of carbonyl (C=O) groups excluding carboxylic acids is 1. The largest absolute Gasteiger partial charge is 0.341 e. The van der Waals surface area contributed by atoms with E-state index < -0.39 is 0 Å². The van der Waals surface area contributed by atoms with E-state index in [1.54, 1.807) is 4.90 Å². The Labute approximate surface area is 127 Å². The number of carbonyl (C=O) groups is 1. The first kappa shape index (κ1) is 17.0. The highest BCUT2D eigenvalue weighted by Gasteiger charge is 2.19. The van der Waals surface area contributed by atoms with Crippen LogP contribution < -0.4 is 5.73 Å². The first-order valence-electron chi connectivity index (χ1n) is 7.02. The number of amides is 1. The minimum Gasteiger partial charge on any atom is -0.341 e. The summed E-state index contributed by atoms with van der Waals surface area (Å²) in [6.45, 7) is 5.60. The molecular formula is C16H25ClN2O. The molecular weight excluding hydrogens is 272 g/mol. The van der Waals surface area contributed by atoms with Gasteiger partial charge in [0.25, 0.3) is 0 Å². The van der Waals surface area contributed by atoms with E-state index in [9.17, 15) is 4.79 Å². The average Bonchev–Trinajstić information content (AvgIpc) is 2.38. The quantitative estimate of drug-likeness (QED) is 0.837. The van der Waals surface area contributed by atoms with Gasteiger partial charge in [0.2, 0.25) is 5.91 Å². The predicted molar refractivity (Wildman–Crippen MR) is 84.6 cm³/mol. The molecule has 0 radical (unpaired) electrons. The van der Waals surface area contributed by atoms with Crippen LogP contribution in [0.15, 0.2) is 24.3 Å². The SMILES string of the molecule is CN(Cc1ccc(Cl)cc1)C(=O)CCC(C)(C)CCN. The Morgan fingerprint density at radius 1 is 1.25 bits per heavy atom. The normalized spacial score (nSPS) is 11.4. The highest BCUT2D eigenvalue weighted by molar-refractivity contribution is 6.30. The number of hydrogen-bond donors (Lipinski definition) is 1. The van der Waals surface area contributed by atoms with Gasteiger partial charge in [-0.15, -0.1) is 0 Å². The molecule has 0 saturated carbocycles. The highest BCUT2D eigenvalue weighted by Crippen LogP contribution is 2.26. The highest BCUT2D eigenvalue weighted by atomic mass is 35.5. The molecule has 0 aromatic heterocycles. The number of rotatable bonds is 7. The fourth-order valence-corrected chi connectivity index (χ4v) is 2.23. The van der Waals surface area contributed by atoms with E-state index in [0.29, 0.717) is 24.5 Å². The molecule has 2 N–H and O–H groups in total. The smallest absolute Gasteiger partial charge is 0.222 e. The van der Waals surface area contributed by atoms with E-state index in [2.05, 4.69) is 13.8 Å². The maximum absolute atomic E-state index is 12.1. The van der Waals surface area contributed by atoms with E-state index in [-0.39, 0.29) is 11.3 Å². The zero-order chi connectivity index (χ0) is 15.2. The van der Waals surface area contributed by atoms with Crippen molar-refractivity contribution in [3.63, 3.8) is 0 Å². The van der Waals surface area contributed by atoms with Crippen LogP contribution in [0.2, 0.25) is 5.02 Å². The molecule has 4 heteroatoms. The summed E-state index contributed by atoms with van der Waals surface area (Å²) in [5.41, 5.74) is 6.81. The van der Waals surface area contributed by atoms with E-state index >= 15 is 0 Å². The zero-order valence-corrected chi connectivity index (χ0v) is 13.4. The van der Waals surface area contributed by atoms with Gasteiger partial charge >= 0.3 is 0 Å². The maximum Gasteiger partial charge on any atom is 0.222 e. The number of nitrogens with two attached hydrogens (primary N) is 1. The number of nitrogens with zero attached hydrogens (tertiary/aromatic N) is 1. The van der Waals surface area contributed by atoms with Gasteiger partial charge in [-0.1, -0.05) is 37.6 Å². The maximum atomic E-state index is 12.1. The molecule has 1 amide bonds. The Kier molecular flexibility index (Phi) is 6.50. The monoisotopic (exact) mass is 296 g/mol. The van der Waals surface area contributed by atoms with Crippen molar-refractivity contribution in [1.82, 2.24) is 4.90 Å². The van der Waals surface area contributed by atoms with Gasteiger partial charge in [-0.05, 0) is 42.5 Å². The Morgan fingerprint density at radius 2 is 1.85 bits per heavy atom. The summed E-state index contributed by atoms with van der Waals surface area (Å²) < 4.78 is 0. The molecule has 0 heterocycles. The zero-order valence-electron chi connectivity index (χ0n) is 12.7. The van der Waals surface area contributed by atoms with Gasteiger partial charge in [0.15, 0.2) is 0 Å². The van der Waals surface area contributed by atoms with E-state index in [0.717, 1.165) is 18.4 Å². The summed E-state index contributed by atoms with van der Waals surface area (Å²) in [7, 11) is 1.84. The van der Waals surface area contributed by atoms with Gasteiger partial charge in [0.05, 0.1) is 0 Å². The molecule has 1 aromatic rings. The summed E-state index contributed by atoms with van der Waals surface area (Å²) in [6, 6.07) is 7.59. The average molecular weight is 297 g/mol. The Hall–Kier alpha value is -1.06. The molecule has 1 aromatic carbocycles. The van der Waals surface area contributed by atoms with Crippen molar-refractivity contribution in [2.24, 2.45) is 11.1 Å². The second-order valence-electron chi connectivity index (χ2n) is 6.08. The van der Waals surface area contributed by atoms with Gasteiger partial charge in [-0.25, -0.2) is 0 Å².